The molecule has 0 saturated heterocycles. The fraction of sp³-hybridized carbons (Fsp3) is 0.240. The van der Waals surface area contributed by atoms with Crippen LogP contribution in [0.4, 0.5) is 11.4 Å². The van der Waals surface area contributed by atoms with E-state index in [1.807, 2.05) is 32.0 Å². The van der Waals surface area contributed by atoms with Gasteiger partial charge in [0.25, 0.3) is 15.9 Å². The summed E-state index contributed by atoms with van der Waals surface area (Å²) >= 11 is 0. The number of ether oxygens (including phenoxy) is 1. The van der Waals surface area contributed by atoms with E-state index in [0.29, 0.717) is 35.7 Å². The SMILES string of the molecule is COc1ccc(S(=O)(=O)N2CCCc3cc(NC(=O)c4ccc(C)c(C)c4)ccc32)cc1. The van der Waals surface area contributed by atoms with E-state index >= 15 is 0 Å². The molecule has 166 valence electrons. The molecule has 1 aliphatic heterocycles. The molecule has 0 radical (unpaired) electrons. The lowest BCUT2D eigenvalue weighted by Crippen LogP contribution is -2.35. The van der Waals surface area contributed by atoms with Crippen LogP contribution in [-0.4, -0.2) is 28.0 Å². The third-order valence-electron chi connectivity index (χ3n) is 5.83. The summed E-state index contributed by atoms with van der Waals surface area (Å²) in [6.07, 6.45) is 1.45. The van der Waals surface area contributed by atoms with Crippen LogP contribution in [-0.2, 0) is 16.4 Å². The van der Waals surface area contributed by atoms with Crippen molar-refractivity contribution in [2.75, 3.05) is 23.3 Å². The molecule has 0 fully saturated rings. The molecule has 3 aromatic carbocycles. The van der Waals surface area contributed by atoms with Crippen molar-refractivity contribution in [3.63, 3.8) is 0 Å². The Balaban J connectivity index is 1.59. The Kier molecular flexibility index (Phi) is 5.93. The van der Waals surface area contributed by atoms with Crippen LogP contribution in [0, 0.1) is 13.8 Å². The van der Waals surface area contributed by atoms with Gasteiger partial charge >= 0.3 is 0 Å². The first-order chi connectivity index (χ1) is 15.3. The summed E-state index contributed by atoms with van der Waals surface area (Å²) in [5.74, 6) is 0.415. The van der Waals surface area contributed by atoms with Gasteiger partial charge in [0.15, 0.2) is 0 Å². The highest BCUT2D eigenvalue weighted by molar-refractivity contribution is 7.92. The predicted octanol–water partition coefficient (Wildman–Crippen LogP) is 4.71. The second-order valence-corrected chi connectivity index (χ2v) is 9.82. The number of carbonyl (C=O) groups excluding carboxylic acids is 1. The van der Waals surface area contributed by atoms with Crippen molar-refractivity contribution >= 4 is 27.3 Å². The molecule has 0 aromatic heterocycles. The summed E-state index contributed by atoms with van der Waals surface area (Å²) < 4.78 is 33.1. The second-order valence-electron chi connectivity index (χ2n) is 7.95. The topological polar surface area (TPSA) is 75.7 Å². The van der Waals surface area contributed by atoms with Gasteiger partial charge in [-0.15, -0.1) is 0 Å². The Morgan fingerprint density at radius 1 is 0.969 bits per heavy atom. The third kappa shape index (κ3) is 4.21. The first kappa shape index (κ1) is 21.9. The minimum absolute atomic E-state index is 0.188. The second kappa shape index (κ2) is 8.67. The molecule has 0 unspecified atom stereocenters. The molecule has 1 amide bonds. The van der Waals surface area contributed by atoms with Crippen LogP contribution in [0.3, 0.4) is 0 Å². The number of amides is 1. The third-order valence-corrected chi connectivity index (χ3v) is 7.66. The maximum Gasteiger partial charge on any atom is 0.264 e. The molecule has 6 nitrogen and oxygen atoms in total. The van der Waals surface area contributed by atoms with Crippen LogP contribution in [0.25, 0.3) is 0 Å². The van der Waals surface area contributed by atoms with E-state index in [1.54, 1.807) is 49.6 Å². The summed E-state index contributed by atoms with van der Waals surface area (Å²) in [5, 5.41) is 2.93. The van der Waals surface area contributed by atoms with Gasteiger partial charge in [-0.25, -0.2) is 8.42 Å². The van der Waals surface area contributed by atoms with Gasteiger partial charge in [-0.3, -0.25) is 9.10 Å². The lowest BCUT2D eigenvalue weighted by atomic mass is 10.0. The molecule has 0 atom stereocenters. The largest absolute Gasteiger partial charge is 0.497 e. The zero-order valence-electron chi connectivity index (χ0n) is 18.4. The number of nitrogens with one attached hydrogen (secondary N) is 1. The molecular weight excluding hydrogens is 424 g/mol. The number of rotatable bonds is 5. The van der Waals surface area contributed by atoms with Gasteiger partial charge in [-0.1, -0.05) is 6.07 Å². The standard InChI is InChI=1S/C25H26N2O4S/c1-17-6-7-20(15-18(17)2)25(28)26-21-8-13-24-19(16-21)5-4-14-27(24)32(29,30)23-11-9-22(31-3)10-12-23/h6-13,15-16H,4-5,14H2,1-3H3,(H,26,28). The number of hydrogen-bond donors (Lipinski definition) is 1. The van der Waals surface area contributed by atoms with Crippen LogP contribution in [0.15, 0.2) is 65.6 Å². The first-order valence-electron chi connectivity index (χ1n) is 10.5. The van der Waals surface area contributed by atoms with Gasteiger partial charge < -0.3 is 10.1 Å². The van der Waals surface area contributed by atoms with Gasteiger partial charge in [-0.05, 0) is 98.0 Å². The van der Waals surface area contributed by atoms with Gasteiger partial charge in [0.05, 0.1) is 17.7 Å². The van der Waals surface area contributed by atoms with Crippen molar-refractivity contribution in [1.82, 2.24) is 0 Å². The highest BCUT2D eigenvalue weighted by atomic mass is 32.2. The van der Waals surface area contributed by atoms with E-state index in [-0.39, 0.29) is 10.8 Å². The maximum absolute atomic E-state index is 13.3. The minimum atomic E-state index is -3.70. The number of fused-ring (bicyclic) bond motifs is 1. The minimum Gasteiger partial charge on any atom is -0.497 e. The Labute approximate surface area is 188 Å². The number of sulfonamides is 1. The number of nitrogens with zero attached hydrogens (tertiary/aromatic N) is 1. The number of methoxy groups -OCH3 is 1. The zero-order chi connectivity index (χ0) is 22.9. The van der Waals surface area contributed by atoms with E-state index in [9.17, 15) is 13.2 Å². The van der Waals surface area contributed by atoms with Crippen molar-refractivity contribution in [2.45, 2.75) is 31.6 Å². The van der Waals surface area contributed by atoms with Crippen molar-refractivity contribution in [3.05, 3.63) is 82.9 Å². The van der Waals surface area contributed by atoms with E-state index in [1.165, 1.54) is 4.31 Å². The van der Waals surface area contributed by atoms with Crippen molar-refractivity contribution < 1.29 is 17.9 Å². The molecule has 1 aliphatic rings. The molecule has 3 aromatic rings. The summed E-state index contributed by atoms with van der Waals surface area (Å²) in [5.41, 5.74) is 4.98. The Bertz CT molecular complexity index is 1270. The molecule has 0 spiro atoms. The van der Waals surface area contributed by atoms with E-state index in [0.717, 1.165) is 23.1 Å². The quantitative estimate of drug-likeness (QED) is 0.611. The van der Waals surface area contributed by atoms with Gasteiger partial charge in [0, 0.05) is 17.8 Å². The van der Waals surface area contributed by atoms with Crippen molar-refractivity contribution in [3.8, 4) is 5.75 Å². The molecule has 0 bridgehead atoms. The van der Waals surface area contributed by atoms with Crippen LogP contribution in [0.1, 0.15) is 33.5 Å². The smallest absolute Gasteiger partial charge is 0.264 e. The summed E-state index contributed by atoms with van der Waals surface area (Å²) in [4.78, 5) is 12.9. The lowest BCUT2D eigenvalue weighted by Gasteiger charge is -2.31. The number of carbonyl (C=O) groups is 1. The number of hydrogen-bond acceptors (Lipinski definition) is 4. The average Bonchev–Trinajstić information content (AvgIpc) is 2.80. The van der Waals surface area contributed by atoms with Crippen molar-refractivity contribution in [1.29, 1.82) is 0 Å². The first-order valence-corrected chi connectivity index (χ1v) is 11.9. The maximum atomic E-state index is 13.3. The highest BCUT2D eigenvalue weighted by Gasteiger charge is 2.29. The molecule has 0 saturated carbocycles. The predicted molar refractivity (Wildman–Crippen MR) is 126 cm³/mol. The Hall–Kier alpha value is -3.32. The van der Waals surface area contributed by atoms with Crippen molar-refractivity contribution in [2.24, 2.45) is 0 Å². The molecule has 4 rings (SSSR count). The van der Waals surface area contributed by atoms with E-state index in [2.05, 4.69) is 5.32 Å². The van der Waals surface area contributed by atoms with Crippen LogP contribution in [0.2, 0.25) is 0 Å². The lowest BCUT2D eigenvalue weighted by molar-refractivity contribution is 0.102. The Morgan fingerprint density at radius 2 is 1.72 bits per heavy atom. The van der Waals surface area contributed by atoms with E-state index in [4.69, 9.17) is 4.74 Å². The number of anilines is 2. The summed E-state index contributed by atoms with van der Waals surface area (Å²) in [6, 6.07) is 17.4. The molecule has 0 aliphatic carbocycles. The monoisotopic (exact) mass is 450 g/mol. The number of aryl methyl sites for hydroxylation is 3. The molecule has 1 N–H and O–H groups in total. The number of benzene rings is 3. The molecule has 32 heavy (non-hydrogen) atoms. The zero-order valence-corrected chi connectivity index (χ0v) is 19.2. The summed E-state index contributed by atoms with van der Waals surface area (Å²) in [7, 11) is -2.16. The molecule has 7 heteroatoms. The van der Waals surface area contributed by atoms with Gasteiger partial charge in [0.2, 0.25) is 0 Å². The van der Waals surface area contributed by atoms with Gasteiger partial charge in [0.1, 0.15) is 5.75 Å². The van der Waals surface area contributed by atoms with E-state index < -0.39 is 10.0 Å². The highest BCUT2D eigenvalue weighted by Crippen LogP contribution is 2.34. The van der Waals surface area contributed by atoms with Gasteiger partial charge in [-0.2, -0.15) is 0 Å². The molecule has 1 heterocycles. The fourth-order valence-corrected chi connectivity index (χ4v) is 5.39. The summed E-state index contributed by atoms with van der Waals surface area (Å²) in [6.45, 7) is 4.39. The van der Waals surface area contributed by atoms with Crippen LogP contribution < -0.4 is 14.4 Å². The average molecular weight is 451 g/mol. The van der Waals surface area contributed by atoms with Crippen LogP contribution in [0.5, 0.6) is 5.75 Å². The van der Waals surface area contributed by atoms with Crippen LogP contribution >= 0.6 is 0 Å². The normalized spacial score (nSPS) is 13.4. The molecular formula is C25H26N2O4S. The fourth-order valence-electron chi connectivity index (χ4n) is 3.85. The Morgan fingerprint density at radius 3 is 2.41 bits per heavy atom.